The molecule has 0 radical (unpaired) electrons. The summed E-state index contributed by atoms with van der Waals surface area (Å²) in [6.45, 7) is 12.7. The SMILES string of the molecule is CC(=O)N1c2ccc(-c3ccc(CNCCN4CCCC4)cc3)cc2[C@H](NC(=O)OC(C)C)C[C@@H]1C. The average molecular weight is 493 g/mol. The molecule has 4 rings (SSSR count). The predicted octanol–water partition coefficient (Wildman–Crippen LogP) is 4.86. The van der Waals surface area contributed by atoms with E-state index < -0.39 is 6.09 Å². The molecule has 2 atom stereocenters. The van der Waals surface area contributed by atoms with Crippen LogP contribution in [0.1, 0.15) is 64.1 Å². The molecule has 7 heteroatoms. The highest BCUT2D eigenvalue weighted by Gasteiger charge is 2.33. The average Bonchev–Trinajstić information content (AvgIpc) is 3.35. The van der Waals surface area contributed by atoms with E-state index in [2.05, 4.69) is 51.9 Å². The molecule has 2 aliphatic heterocycles. The maximum atomic E-state index is 12.4. The zero-order valence-corrected chi connectivity index (χ0v) is 22.0. The van der Waals surface area contributed by atoms with Gasteiger partial charge in [0.2, 0.25) is 5.91 Å². The molecule has 0 unspecified atom stereocenters. The number of nitrogens with zero attached hydrogens (tertiary/aromatic N) is 2. The van der Waals surface area contributed by atoms with Gasteiger partial charge in [-0.1, -0.05) is 30.3 Å². The molecule has 2 amide bonds. The van der Waals surface area contributed by atoms with E-state index >= 15 is 0 Å². The van der Waals surface area contributed by atoms with E-state index in [0.29, 0.717) is 6.42 Å². The fourth-order valence-corrected chi connectivity index (χ4v) is 5.34. The Bertz CT molecular complexity index is 1050. The quantitative estimate of drug-likeness (QED) is 0.515. The van der Waals surface area contributed by atoms with E-state index in [0.717, 1.165) is 42.0 Å². The first-order chi connectivity index (χ1) is 17.3. The van der Waals surface area contributed by atoms with Crippen LogP contribution in [0.25, 0.3) is 11.1 Å². The summed E-state index contributed by atoms with van der Waals surface area (Å²) in [4.78, 5) is 29.2. The number of fused-ring (bicyclic) bond motifs is 1. The van der Waals surface area contributed by atoms with Crippen molar-refractivity contribution in [3.8, 4) is 11.1 Å². The summed E-state index contributed by atoms with van der Waals surface area (Å²) in [6.07, 6.45) is 2.66. The number of likely N-dealkylation sites (tertiary alicyclic amines) is 1. The number of carbonyl (C=O) groups excluding carboxylic acids is 2. The minimum atomic E-state index is -0.434. The predicted molar refractivity (Wildman–Crippen MR) is 144 cm³/mol. The van der Waals surface area contributed by atoms with Gasteiger partial charge in [-0.15, -0.1) is 0 Å². The Labute approximate surface area is 215 Å². The van der Waals surface area contributed by atoms with E-state index in [4.69, 9.17) is 4.74 Å². The Morgan fingerprint density at radius 1 is 1.06 bits per heavy atom. The molecule has 2 heterocycles. The summed E-state index contributed by atoms with van der Waals surface area (Å²) >= 11 is 0. The summed E-state index contributed by atoms with van der Waals surface area (Å²) in [5, 5.41) is 6.58. The van der Waals surface area contributed by atoms with Gasteiger partial charge in [0.05, 0.1) is 12.1 Å². The maximum absolute atomic E-state index is 12.4. The Hall–Kier alpha value is -2.90. The lowest BCUT2D eigenvalue weighted by molar-refractivity contribution is -0.117. The van der Waals surface area contributed by atoms with Crippen LogP contribution in [0.15, 0.2) is 42.5 Å². The van der Waals surface area contributed by atoms with Crippen LogP contribution in [0.3, 0.4) is 0 Å². The second kappa shape index (κ2) is 11.9. The fraction of sp³-hybridized carbons (Fsp3) is 0.517. The largest absolute Gasteiger partial charge is 0.447 e. The molecule has 7 nitrogen and oxygen atoms in total. The van der Waals surface area contributed by atoms with Crippen molar-refractivity contribution in [3.05, 3.63) is 53.6 Å². The highest BCUT2D eigenvalue weighted by Crippen LogP contribution is 2.39. The number of nitrogens with one attached hydrogen (secondary N) is 2. The van der Waals surface area contributed by atoms with Crippen LogP contribution in [0, 0.1) is 0 Å². The van der Waals surface area contributed by atoms with Crippen molar-refractivity contribution < 1.29 is 14.3 Å². The van der Waals surface area contributed by atoms with Crippen molar-refractivity contribution in [1.29, 1.82) is 0 Å². The van der Waals surface area contributed by atoms with Crippen molar-refractivity contribution in [2.75, 3.05) is 31.1 Å². The number of amides is 2. The number of hydrogen-bond acceptors (Lipinski definition) is 5. The Kier molecular flexibility index (Phi) is 8.64. The Balaban J connectivity index is 1.48. The number of rotatable bonds is 8. The van der Waals surface area contributed by atoms with Gasteiger partial charge in [-0.25, -0.2) is 4.79 Å². The molecule has 0 aliphatic carbocycles. The van der Waals surface area contributed by atoms with Gasteiger partial charge in [0.1, 0.15) is 0 Å². The maximum Gasteiger partial charge on any atom is 0.407 e. The van der Waals surface area contributed by atoms with E-state index in [9.17, 15) is 9.59 Å². The second-order valence-electron chi connectivity index (χ2n) is 10.3. The first kappa shape index (κ1) is 26.2. The number of anilines is 1. The van der Waals surface area contributed by atoms with E-state index in [-0.39, 0.29) is 24.1 Å². The van der Waals surface area contributed by atoms with Gasteiger partial charge in [0, 0.05) is 38.3 Å². The van der Waals surface area contributed by atoms with Crippen molar-refractivity contribution in [2.24, 2.45) is 0 Å². The number of hydrogen-bond donors (Lipinski definition) is 2. The number of alkyl carbamates (subject to hydrolysis) is 1. The van der Waals surface area contributed by atoms with Gasteiger partial charge in [0.15, 0.2) is 0 Å². The monoisotopic (exact) mass is 492 g/mol. The van der Waals surface area contributed by atoms with E-state index in [1.807, 2.05) is 31.7 Å². The van der Waals surface area contributed by atoms with Gasteiger partial charge in [-0.3, -0.25) is 4.79 Å². The van der Waals surface area contributed by atoms with Crippen LogP contribution >= 0.6 is 0 Å². The number of ether oxygens (including phenoxy) is 1. The van der Waals surface area contributed by atoms with Gasteiger partial charge in [0.25, 0.3) is 0 Å². The minimum Gasteiger partial charge on any atom is -0.447 e. The summed E-state index contributed by atoms with van der Waals surface area (Å²) in [5.74, 6) is 0.00120. The summed E-state index contributed by atoms with van der Waals surface area (Å²) in [7, 11) is 0. The third kappa shape index (κ3) is 6.45. The second-order valence-corrected chi connectivity index (χ2v) is 10.3. The number of benzene rings is 2. The van der Waals surface area contributed by atoms with Crippen LogP contribution in [0.4, 0.5) is 10.5 Å². The lowest BCUT2D eigenvalue weighted by Gasteiger charge is -2.39. The van der Waals surface area contributed by atoms with Gasteiger partial charge < -0.3 is 25.2 Å². The molecule has 2 N–H and O–H groups in total. The topological polar surface area (TPSA) is 73.9 Å². The lowest BCUT2D eigenvalue weighted by Crippen LogP contribution is -2.45. The Morgan fingerprint density at radius 2 is 1.75 bits per heavy atom. The zero-order chi connectivity index (χ0) is 25.7. The molecule has 2 aromatic carbocycles. The first-order valence-corrected chi connectivity index (χ1v) is 13.2. The molecule has 0 aromatic heterocycles. The van der Waals surface area contributed by atoms with Gasteiger partial charge >= 0.3 is 6.09 Å². The van der Waals surface area contributed by atoms with E-state index in [1.165, 1.54) is 31.5 Å². The number of carbonyl (C=O) groups is 2. The normalized spacial score (nSPS) is 19.9. The molecule has 0 saturated carbocycles. The van der Waals surface area contributed by atoms with E-state index in [1.54, 1.807) is 6.92 Å². The minimum absolute atomic E-state index is 0.00120. The molecule has 0 spiro atoms. The third-order valence-corrected chi connectivity index (χ3v) is 7.07. The summed E-state index contributed by atoms with van der Waals surface area (Å²) in [6, 6.07) is 14.5. The van der Waals surface area contributed by atoms with Crippen LogP contribution in [0.5, 0.6) is 0 Å². The molecule has 1 saturated heterocycles. The molecule has 0 bridgehead atoms. The molecule has 1 fully saturated rings. The third-order valence-electron chi connectivity index (χ3n) is 7.07. The van der Waals surface area contributed by atoms with Crippen LogP contribution in [0.2, 0.25) is 0 Å². The molecule has 2 aromatic rings. The molecular weight excluding hydrogens is 452 g/mol. The molecular formula is C29H40N4O3. The molecule has 2 aliphatic rings. The van der Waals surface area contributed by atoms with Gasteiger partial charge in [-0.05, 0) is 87.5 Å². The zero-order valence-electron chi connectivity index (χ0n) is 22.0. The summed E-state index contributed by atoms with van der Waals surface area (Å²) < 4.78 is 5.34. The smallest absolute Gasteiger partial charge is 0.407 e. The lowest BCUT2D eigenvalue weighted by atomic mass is 9.89. The van der Waals surface area contributed by atoms with Gasteiger partial charge in [-0.2, -0.15) is 0 Å². The fourth-order valence-electron chi connectivity index (χ4n) is 5.34. The van der Waals surface area contributed by atoms with Crippen LogP contribution in [-0.4, -0.2) is 55.2 Å². The molecule has 194 valence electrons. The van der Waals surface area contributed by atoms with Crippen molar-refractivity contribution in [1.82, 2.24) is 15.5 Å². The van der Waals surface area contributed by atoms with Crippen LogP contribution < -0.4 is 15.5 Å². The summed E-state index contributed by atoms with van der Waals surface area (Å²) in [5.41, 5.74) is 5.21. The first-order valence-electron chi connectivity index (χ1n) is 13.2. The van der Waals surface area contributed by atoms with Crippen molar-refractivity contribution in [2.45, 2.75) is 71.7 Å². The highest BCUT2D eigenvalue weighted by molar-refractivity contribution is 5.94. The Morgan fingerprint density at radius 3 is 2.42 bits per heavy atom. The van der Waals surface area contributed by atoms with Crippen LogP contribution in [-0.2, 0) is 16.1 Å². The highest BCUT2D eigenvalue weighted by atomic mass is 16.6. The molecule has 36 heavy (non-hydrogen) atoms. The van der Waals surface area contributed by atoms with Crippen molar-refractivity contribution in [3.63, 3.8) is 0 Å². The standard InChI is InChI=1S/C29H40N4O3/c1-20(2)36-29(35)31-27-17-21(3)33(22(4)34)28-12-11-25(18-26(27)28)24-9-7-23(8-10-24)19-30-13-16-32-14-5-6-15-32/h7-12,18,20-21,27,30H,5-6,13-17,19H2,1-4H3,(H,31,35)/t21-,27+/m0/s1. The van der Waals surface area contributed by atoms with Crippen molar-refractivity contribution >= 4 is 17.7 Å².